The molecule has 0 bridgehead atoms. The number of nitrogens with one attached hydrogen (secondary N) is 1. The van der Waals surface area contributed by atoms with Gasteiger partial charge in [0, 0.05) is 6.04 Å². The lowest BCUT2D eigenvalue weighted by atomic mass is 9.94. The summed E-state index contributed by atoms with van der Waals surface area (Å²) in [5.74, 6) is 0. The van der Waals surface area contributed by atoms with Crippen molar-refractivity contribution in [3.8, 4) is 0 Å². The average Bonchev–Trinajstić information content (AvgIpc) is 2.65. The molecule has 110 valence electrons. The van der Waals surface area contributed by atoms with Crippen molar-refractivity contribution in [2.75, 3.05) is 6.54 Å². The van der Waals surface area contributed by atoms with Gasteiger partial charge in [-0.2, -0.15) is 0 Å². The van der Waals surface area contributed by atoms with Gasteiger partial charge in [0.25, 0.3) is 0 Å². The predicted molar refractivity (Wildman–Crippen MR) is 88.3 cm³/mol. The van der Waals surface area contributed by atoms with Crippen molar-refractivity contribution >= 4 is 0 Å². The van der Waals surface area contributed by atoms with Crippen molar-refractivity contribution < 1.29 is 0 Å². The Morgan fingerprint density at radius 1 is 1.05 bits per heavy atom. The first kappa shape index (κ1) is 15.3. The summed E-state index contributed by atoms with van der Waals surface area (Å²) < 4.78 is 0. The maximum atomic E-state index is 3.70. The van der Waals surface area contributed by atoms with Gasteiger partial charge in [-0.05, 0) is 58.1 Å². The number of aryl methyl sites for hydroxylation is 2. The number of hydrogen-bond acceptors (Lipinski definition) is 1. The molecule has 1 aliphatic rings. The zero-order chi connectivity index (χ0) is 14.4. The summed E-state index contributed by atoms with van der Waals surface area (Å²) in [5, 5.41) is 3.70. The van der Waals surface area contributed by atoms with E-state index in [0.29, 0.717) is 6.04 Å². The number of rotatable bonds is 5. The standard InChI is InChI=1S/C19H29N/c1-4-20-19(18-9-7-5-6-8-10-18)14-17-12-15(2)11-16(3)13-17/h9,11-13,19-20H,4-8,10,14H2,1-3H3. The Hall–Kier alpha value is -1.08. The van der Waals surface area contributed by atoms with E-state index >= 15 is 0 Å². The van der Waals surface area contributed by atoms with Crippen molar-refractivity contribution in [2.45, 2.75) is 65.3 Å². The summed E-state index contributed by atoms with van der Waals surface area (Å²) in [6.45, 7) is 7.66. The van der Waals surface area contributed by atoms with E-state index in [-0.39, 0.29) is 0 Å². The Morgan fingerprint density at radius 2 is 1.80 bits per heavy atom. The molecule has 1 nitrogen and oxygen atoms in total. The topological polar surface area (TPSA) is 12.0 Å². The van der Waals surface area contributed by atoms with Crippen LogP contribution in [0.1, 0.15) is 55.7 Å². The smallest absolute Gasteiger partial charge is 0.0319 e. The number of likely N-dealkylation sites (N-methyl/N-ethyl adjacent to an activating group) is 1. The second kappa shape index (κ2) is 7.64. The van der Waals surface area contributed by atoms with E-state index in [1.54, 1.807) is 5.57 Å². The van der Waals surface area contributed by atoms with Gasteiger partial charge in [-0.15, -0.1) is 0 Å². The summed E-state index contributed by atoms with van der Waals surface area (Å²) in [6.07, 6.45) is 10.3. The molecular weight excluding hydrogens is 242 g/mol. The summed E-state index contributed by atoms with van der Waals surface area (Å²) >= 11 is 0. The molecule has 0 saturated carbocycles. The highest BCUT2D eigenvalue weighted by molar-refractivity contribution is 5.30. The Morgan fingerprint density at radius 3 is 2.50 bits per heavy atom. The molecule has 1 aromatic rings. The number of benzene rings is 1. The minimum absolute atomic E-state index is 0.527. The summed E-state index contributed by atoms with van der Waals surface area (Å²) in [5.41, 5.74) is 5.87. The molecule has 1 heteroatoms. The van der Waals surface area contributed by atoms with E-state index in [4.69, 9.17) is 0 Å². The van der Waals surface area contributed by atoms with Gasteiger partial charge in [0.15, 0.2) is 0 Å². The molecule has 0 radical (unpaired) electrons. The minimum Gasteiger partial charge on any atom is -0.310 e. The summed E-state index contributed by atoms with van der Waals surface area (Å²) in [4.78, 5) is 0. The van der Waals surface area contributed by atoms with Crippen molar-refractivity contribution in [1.82, 2.24) is 5.32 Å². The first-order valence-electron chi connectivity index (χ1n) is 8.18. The Labute approximate surface area is 124 Å². The lowest BCUT2D eigenvalue weighted by molar-refractivity contribution is 0.562. The highest BCUT2D eigenvalue weighted by Crippen LogP contribution is 2.22. The van der Waals surface area contributed by atoms with Crippen LogP contribution < -0.4 is 5.32 Å². The quantitative estimate of drug-likeness (QED) is 0.764. The van der Waals surface area contributed by atoms with Gasteiger partial charge in [0.2, 0.25) is 0 Å². The van der Waals surface area contributed by atoms with Crippen molar-refractivity contribution in [1.29, 1.82) is 0 Å². The second-order valence-corrected chi connectivity index (χ2v) is 6.19. The molecule has 2 rings (SSSR count). The summed E-state index contributed by atoms with van der Waals surface area (Å²) in [6, 6.07) is 7.47. The monoisotopic (exact) mass is 271 g/mol. The van der Waals surface area contributed by atoms with Crippen LogP contribution in [-0.2, 0) is 6.42 Å². The molecule has 1 N–H and O–H groups in total. The third-order valence-electron chi connectivity index (χ3n) is 4.20. The van der Waals surface area contributed by atoms with Crippen molar-refractivity contribution in [2.24, 2.45) is 0 Å². The highest BCUT2D eigenvalue weighted by Gasteiger charge is 2.15. The number of allylic oxidation sites excluding steroid dienone is 1. The van der Waals surface area contributed by atoms with Gasteiger partial charge >= 0.3 is 0 Å². The highest BCUT2D eigenvalue weighted by atomic mass is 14.9. The van der Waals surface area contributed by atoms with E-state index in [1.807, 2.05) is 0 Å². The molecule has 0 amide bonds. The molecule has 0 saturated heterocycles. The summed E-state index contributed by atoms with van der Waals surface area (Å²) in [7, 11) is 0. The largest absolute Gasteiger partial charge is 0.310 e. The molecule has 1 atom stereocenters. The van der Waals surface area contributed by atoms with Gasteiger partial charge in [0.1, 0.15) is 0 Å². The average molecular weight is 271 g/mol. The fraction of sp³-hybridized carbons (Fsp3) is 0.579. The van der Waals surface area contributed by atoms with Crippen LogP contribution in [0.25, 0.3) is 0 Å². The third kappa shape index (κ3) is 4.49. The zero-order valence-electron chi connectivity index (χ0n) is 13.3. The molecule has 1 unspecified atom stereocenters. The molecule has 0 heterocycles. The van der Waals surface area contributed by atoms with Crippen molar-refractivity contribution in [3.05, 3.63) is 46.5 Å². The van der Waals surface area contributed by atoms with Crippen LogP contribution in [0.4, 0.5) is 0 Å². The van der Waals surface area contributed by atoms with Gasteiger partial charge in [0.05, 0.1) is 0 Å². The predicted octanol–water partition coefficient (Wildman–Crippen LogP) is 4.71. The van der Waals surface area contributed by atoms with E-state index in [2.05, 4.69) is 50.4 Å². The fourth-order valence-corrected chi connectivity index (χ4v) is 3.36. The Bertz CT molecular complexity index is 439. The maximum absolute atomic E-state index is 3.70. The lowest BCUT2D eigenvalue weighted by Gasteiger charge is -2.22. The molecule has 0 spiro atoms. The first-order valence-corrected chi connectivity index (χ1v) is 8.18. The molecule has 0 fully saturated rings. The first-order chi connectivity index (χ1) is 9.69. The lowest BCUT2D eigenvalue weighted by Crippen LogP contribution is -2.33. The molecule has 0 aliphatic heterocycles. The minimum atomic E-state index is 0.527. The van der Waals surface area contributed by atoms with Crippen LogP contribution in [0.5, 0.6) is 0 Å². The maximum Gasteiger partial charge on any atom is 0.0319 e. The van der Waals surface area contributed by atoms with E-state index in [1.165, 1.54) is 48.8 Å². The molecule has 1 aliphatic carbocycles. The van der Waals surface area contributed by atoms with Gasteiger partial charge in [-0.3, -0.25) is 0 Å². The van der Waals surface area contributed by atoms with E-state index in [0.717, 1.165) is 13.0 Å². The van der Waals surface area contributed by atoms with Crippen LogP contribution in [-0.4, -0.2) is 12.6 Å². The third-order valence-corrected chi connectivity index (χ3v) is 4.20. The molecule has 20 heavy (non-hydrogen) atoms. The van der Waals surface area contributed by atoms with Gasteiger partial charge < -0.3 is 5.32 Å². The van der Waals surface area contributed by atoms with Crippen LogP contribution in [0.15, 0.2) is 29.8 Å². The Balaban J connectivity index is 2.13. The molecular formula is C19H29N. The van der Waals surface area contributed by atoms with Crippen LogP contribution in [0.2, 0.25) is 0 Å². The van der Waals surface area contributed by atoms with E-state index < -0.39 is 0 Å². The molecule has 1 aromatic carbocycles. The second-order valence-electron chi connectivity index (χ2n) is 6.19. The normalized spacial score (nSPS) is 17.4. The van der Waals surface area contributed by atoms with Gasteiger partial charge in [-0.1, -0.05) is 54.3 Å². The SMILES string of the molecule is CCNC(Cc1cc(C)cc(C)c1)C1=CCCCCC1. The number of hydrogen-bond donors (Lipinski definition) is 1. The Kier molecular flexibility index (Phi) is 5.85. The van der Waals surface area contributed by atoms with Crippen LogP contribution >= 0.6 is 0 Å². The van der Waals surface area contributed by atoms with Crippen LogP contribution in [0.3, 0.4) is 0 Å². The fourth-order valence-electron chi connectivity index (χ4n) is 3.36. The van der Waals surface area contributed by atoms with Crippen LogP contribution in [0, 0.1) is 13.8 Å². The van der Waals surface area contributed by atoms with E-state index in [9.17, 15) is 0 Å². The van der Waals surface area contributed by atoms with Gasteiger partial charge in [-0.25, -0.2) is 0 Å². The molecule has 0 aromatic heterocycles. The zero-order valence-corrected chi connectivity index (χ0v) is 13.3. The van der Waals surface area contributed by atoms with Crippen molar-refractivity contribution in [3.63, 3.8) is 0 Å².